The molecule has 0 saturated carbocycles. The first-order valence-corrected chi connectivity index (χ1v) is 12.5. The number of likely N-dealkylation sites (N-methyl/N-ethyl adjacent to an activating group) is 1. The summed E-state index contributed by atoms with van der Waals surface area (Å²) in [6.07, 6.45) is 7.53. The van der Waals surface area contributed by atoms with Gasteiger partial charge in [-0.1, -0.05) is 24.3 Å². The molecule has 5 rings (SSSR count). The molecule has 36 heavy (non-hydrogen) atoms. The Morgan fingerprint density at radius 2 is 1.69 bits per heavy atom. The summed E-state index contributed by atoms with van der Waals surface area (Å²) in [5, 5.41) is 0. The molecule has 4 aromatic rings. The lowest BCUT2D eigenvalue weighted by atomic mass is 10.1. The molecule has 0 aliphatic carbocycles. The highest BCUT2D eigenvalue weighted by atomic mass is 16.5. The molecule has 2 aromatic heterocycles. The molecule has 1 aliphatic rings. The molecule has 0 amide bonds. The molecule has 0 atom stereocenters. The zero-order valence-electron chi connectivity index (χ0n) is 21.1. The van der Waals surface area contributed by atoms with Crippen molar-refractivity contribution in [3.63, 3.8) is 0 Å². The van der Waals surface area contributed by atoms with Gasteiger partial charge in [0.15, 0.2) is 0 Å². The molecule has 7 nitrogen and oxygen atoms in total. The van der Waals surface area contributed by atoms with Crippen molar-refractivity contribution in [3.05, 3.63) is 102 Å². The predicted molar refractivity (Wildman–Crippen MR) is 143 cm³/mol. The van der Waals surface area contributed by atoms with E-state index >= 15 is 0 Å². The van der Waals surface area contributed by atoms with Gasteiger partial charge in [-0.05, 0) is 54.6 Å². The molecule has 0 spiro atoms. The number of methoxy groups -OCH3 is 1. The second kappa shape index (κ2) is 11.4. The second-order valence-corrected chi connectivity index (χ2v) is 9.43. The minimum atomic E-state index is 0.776. The number of imidazole rings is 1. The number of rotatable bonds is 9. The van der Waals surface area contributed by atoms with Crippen LogP contribution in [0.4, 0.5) is 5.69 Å². The van der Waals surface area contributed by atoms with Gasteiger partial charge >= 0.3 is 0 Å². The Morgan fingerprint density at radius 3 is 2.44 bits per heavy atom. The summed E-state index contributed by atoms with van der Waals surface area (Å²) < 4.78 is 7.49. The van der Waals surface area contributed by atoms with Gasteiger partial charge in [0.05, 0.1) is 19.1 Å². The second-order valence-electron chi connectivity index (χ2n) is 9.43. The fraction of sp³-hybridized carbons (Fsp3) is 0.310. The van der Waals surface area contributed by atoms with Crippen LogP contribution < -0.4 is 9.64 Å². The summed E-state index contributed by atoms with van der Waals surface area (Å²) in [5.74, 6) is 0.877. The highest BCUT2D eigenvalue weighted by Gasteiger charge is 2.16. The third-order valence-corrected chi connectivity index (χ3v) is 6.77. The Bertz CT molecular complexity index is 1230. The summed E-state index contributed by atoms with van der Waals surface area (Å²) in [5.41, 5.74) is 5.86. The van der Waals surface area contributed by atoms with E-state index in [1.54, 1.807) is 13.3 Å². The molecule has 1 saturated heterocycles. The lowest BCUT2D eigenvalue weighted by Crippen LogP contribution is -2.44. The van der Waals surface area contributed by atoms with Crippen molar-refractivity contribution >= 4 is 5.69 Å². The first-order chi connectivity index (χ1) is 17.7. The molecular weight excluding hydrogens is 448 g/mol. The molecule has 1 fully saturated rings. The Kier molecular flexibility index (Phi) is 7.59. The minimum absolute atomic E-state index is 0.776. The molecule has 1 aliphatic heterocycles. The molecule has 3 heterocycles. The summed E-state index contributed by atoms with van der Waals surface area (Å²) >= 11 is 0. The van der Waals surface area contributed by atoms with E-state index in [-0.39, 0.29) is 0 Å². The largest absolute Gasteiger partial charge is 0.497 e. The Balaban J connectivity index is 1.37. The SMILES string of the molecule is COc1cccc(CN(Cc2ccc(-n3ccnc3)cc2)c2ccnc(CN3CCN(C)CC3)c2)c1. The molecule has 0 bridgehead atoms. The molecule has 0 unspecified atom stereocenters. The predicted octanol–water partition coefficient (Wildman–Crippen LogP) is 4.23. The monoisotopic (exact) mass is 482 g/mol. The normalized spacial score (nSPS) is 14.6. The number of nitrogens with zero attached hydrogens (tertiary/aromatic N) is 6. The van der Waals surface area contributed by atoms with E-state index in [1.807, 2.05) is 29.4 Å². The van der Waals surface area contributed by atoms with Crippen LogP contribution in [0.25, 0.3) is 5.69 Å². The van der Waals surface area contributed by atoms with Crippen molar-refractivity contribution in [2.45, 2.75) is 19.6 Å². The Morgan fingerprint density at radius 1 is 0.889 bits per heavy atom. The van der Waals surface area contributed by atoms with Gasteiger partial charge in [-0.2, -0.15) is 0 Å². The van der Waals surface area contributed by atoms with Crippen molar-refractivity contribution in [2.75, 3.05) is 45.2 Å². The van der Waals surface area contributed by atoms with Gasteiger partial charge in [-0.3, -0.25) is 9.88 Å². The van der Waals surface area contributed by atoms with Crippen LogP contribution in [0.2, 0.25) is 0 Å². The first-order valence-electron chi connectivity index (χ1n) is 12.5. The lowest BCUT2D eigenvalue weighted by molar-refractivity contribution is 0.147. The van der Waals surface area contributed by atoms with E-state index in [9.17, 15) is 0 Å². The minimum Gasteiger partial charge on any atom is -0.497 e. The van der Waals surface area contributed by atoms with Crippen LogP contribution in [-0.2, 0) is 19.6 Å². The Hall–Kier alpha value is -3.68. The fourth-order valence-electron chi connectivity index (χ4n) is 4.62. The van der Waals surface area contributed by atoms with Crippen molar-refractivity contribution in [1.29, 1.82) is 0 Å². The van der Waals surface area contributed by atoms with E-state index in [2.05, 4.69) is 81.3 Å². The molecule has 0 N–H and O–H groups in total. The van der Waals surface area contributed by atoms with Crippen molar-refractivity contribution in [1.82, 2.24) is 24.3 Å². The Labute approximate surface area is 213 Å². The van der Waals surface area contributed by atoms with Crippen LogP contribution in [-0.4, -0.2) is 64.7 Å². The molecule has 2 aromatic carbocycles. The number of pyridine rings is 1. The van der Waals surface area contributed by atoms with Crippen LogP contribution in [0.5, 0.6) is 5.75 Å². The number of hydrogen-bond acceptors (Lipinski definition) is 6. The van der Waals surface area contributed by atoms with Gasteiger partial charge in [0.1, 0.15) is 5.75 Å². The average Bonchev–Trinajstić information content (AvgIpc) is 3.46. The van der Waals surface area contributed by atoms with Crippen LogP contribution >= 0.6 is 0 Å². The van der Waals surface area contributed by atoms with Gasteiger partial charge in [0.25, 0.3) is 0 Å². The van der Waals surface area contributed by atoms with E-state index in [0.29, 0.717) is 0 Å². The van der Waals surface area contributed by atoms with E-state index in [1.165, 1.54) is 16.8 Å². The smallest absolute Gasteiger partial charge is 0.119 e. The number of aromatic nitrogens is 3. The van der Waals surface area contributed by atoms with Crippen LogP contribution in [0.3, 0.4) is 0 Å². The number of hydrogen-bond donors (Lipinski definition) is 0. The standard InChI is InChI=1S/C29H34N6O/c1-32-14-16-33(17-15-32)22-26-19-28(10-11-31-26)35(21-25-4-3-5-29(18-25)36-2)20-24-6-8-27(9-7-24)34-13-12-30-23-34/h3-13,18-19,23H,14-17,20-22H2,1-2H3. The molecule has 0 radical (unpaired) electrons. The number of ether oxygens (including phenoxy) is 1. The highest BCUT2D eigenvalue weighted by molar-refractivity contribution is 5.49. The van der Waals surface area contributed by atoms with Crippen molar-refractivity contribution < 1.29 is 4.74 Å². The summed E-state index contributed by atoms with van der Waals surface area (Å²) in [6, 6.07) is 21.4. The molecule has 186 valence electrons. The number of anilines is 1. The van der Waals surface area contributed by atoms with E-state index < -0.39 is 0 Å². The van der Waals surface area contributed by atoms with Gasteiger partial charge in [0.2, 0.25) is 0 Å². The molecule has 7 heteroatoms. The van der Waals surface area contributed by atoms with Gasteiger partial charge in [-0.15, -0.1) is 0 Å². The highest BCUT2D eigenvalue weighted by Crippen LogP contribution is 2.24. The van der Waals surface area contributed by atoms with Crippen LogP contribution in [0, 0.1) is 0 Å². The number of benzene rings is 2. The first kappa shape index (κ1) is 24.0. The van der Waals surface area contributed by atoms with Gasteiger partial charge < -0.3 is 19.1 Å². The average molecular weight is 483 g/mol. The quantitative estimate of drug-likeness (QED) is 0.356. The number of piperazine rings is 1. The topological polar surface area (TPSA) is 49.7 Å². The van der Waals surface area contributed by atoms with Gasteiger partial charge in [-0.25, -0.2) is 4.98 Å². The van der Waals surface area contributed by atoms with Gasteiger partial charge in [0, 0.05) is 75.8 Å². The third-order valence-electron chi connectivity index (χ3n) is 6.77. The zero-order chi connectivity index (χ0) is 24.7. The van der Waals surface area contributed by atoms with Crippen molar-refractivity contribution in [3.8, 4) is 11.4 Å². The fourth-order valence-corrected chi connectivity index (χ4v) is 4.62. The van der Waals surface area contributed by atoms with E-state index in [0.717, 1.165) is 62.9 Å². The van der Waals surface area contributed by atoms with E-state index in [4.69, 9.17) is 9.72 Å². The maximum atomic E-state index is 5.48. The maximum Gasteiger partial charge on any atom is 0.119 e. The zero-order valence-corrected chi connectivity index (χ0v) is 21.1. The van der Waals surface area contributed by atoms with Crippen LogP contribution in [0.1, 0.15) is 16.8 Å². The van der Waals surface area contributed by atoms with Crippen molar-refractivity contribution in [2.24, 2.45) is 0 Å². The summed E-state index contributed by atoms with van der Waals surface area (Å²) in [7, 11) is 3.90. The summed E-state index contributed by atoms with van der Waals surface area (Å²) in [4.78, 5) is 16.2. The lowest BCUT2D eigenvalue weighted by Gasteiger charge is -2.32. The van der Waals surface area contributed by atoms with Crippen LogP contribution in [0.15, 0.2) is 85.6 Å². The molecular formula is C29H34N6O. The summed E-state index contributed by atoms with van der Waals surface area (Å²) in [6.45, 7) is 6.83. The maximum absolute atomic E-state index is 5.48. The third kappa shape index (κ3) is 6.11.